The first kappa shape index (κ1) is 11.5. The predicted octanol–water partition coefficient (Wildman–Crippen LogP) is 2.47. The summed E-state index contributed by atoms with van der Waals surface area (Å²) in [6, 6.07) is 7.40. The van der Waals surface area contributed by atoms with Gasteiger partial charge in [0.2, 0.25) is 5.43 Å². The number of nitrogens with zero attached hydrogens (tertiary/aromatic N) is 1. The van der Waals surface area contributed by atoms with Gasteiger partial charge in [-0.2, -0.15) is 0 Å². The average Bonchev–Trinajstić information content (AvgIpc) is 2.29. The third-order valence-corrected chi connectivity index (χ3v) is 2.99. The van der Waals surface area contributed by atoms with Crippen LogP contribution in [0.1, 0.15) is 16.8 Å². The van der Waals surface area contributed by atoms with Crippen molar-refractivity contribution in [3.8, 4) is 11.4 Å². The minimum absolute atomic E-state index is 0.185. The lowest BCUT2D eigenvalue weighted by molar-refractivity contribution is 0.459. The van der Waals surface area contributed by atoms with Gasteiger partial charge in [-0.1, -0.05) is 18.2 Å². The Kier molecular flexibility index (Phi) is 2.76. The molecule has 0 saturated carbocycles. The van der Waals surface area contributed by atoms with Crippen LogP contribution in [0.15, 0.2) is 35.3 Å². The molecular weight excluding hydrogens is 214 g/mol. The van der Waals surface area contributed by atoms with Gasteiger partial charge >= 0.3 is 0 Å². The summed E-state index contributed by atoms with van der Waals surface area (Å²) in [5.74, 6) is -0.185. The largest absolute Gasteiger partial charge is 0.503 e. The van der Waals surface area contributed by atoms with Crippen molar-refractivity contribution in [2.75, 3.05) is 0 Å². The predicted molar refractivity (Wildman–Crippen MR) is 67.9 cm³/mol. The molecule has 0 aliphatic rings. The monoisotopic (exact) mass is 229 g/mol. The zero-order valence-corrected chi connectivity index (χ0v) is 10.2. The van der Waals surface area contributed by atoms with E-state index in [1.165, 1.54) is 6.07 Å². The van der Waals surface area contributed by atoms with Crippen LogP contribution in [0.4, 0.5) is 0 Å². The lowest BCUT2D eigenvalue weighted by atomic mass is 10.1. The van der Waals surface area contributed by atoms with Crippen LogP contribution < -0.4 is 5.43 Å². The van der Waals surface area contributed by atoms with Gasteiger partial charge < -0.3 is 9.67 Å². The van der Waals surface area contributed by atoms with E-state index in [4.69, 9.17) is 0 Å². The van der Waals surface area contributed by atoms with E-state index in [9.17, 15) is 9.90 Å². The molecule has 0 spiro atoms. The number of hydrogen-bond donors (Lipinski definition) is 1. The summed E-state index contributed by atoms with van der Waals surface area (Å²) in [6.45, 7) is 5.76. The summed E-state index contributed by atoms with van der Waals surface area (Å²) in [7, 11) is 0. The van der Waals surface area contributed by atoms with Crippen molar-refractivity contribution in [3.63, 3.8) is 0 Å². The standard InChI is InChI=1S/C14H15NO2/c1-9-5-4-6-10(2)13(9)15-8-7-12(16)14(17)11(15)3/h4-8,17H,1-3H3. The normalized spacial score (nSPS) is 10.5. The maximum atomic E-state index is 11.3. The lowest BCUT2D eigenvalue weighted by Gasteiger charge is -2.16. The fraction of sp³-hybridized carbons (Fsp3) is 0.214. The highest BCUT2D eigenvalue weighted by Crippen LogP contribution is 2.22. The van der Waals surface area contributed by atoms with E-state index in [1.54, 1.807) is 13.1 Å². The SMILES string of the molecule is Cc1cccc(C)c1-n1ccc(=O)c(O)c1C. The number of para-hydroxylation sites is 1. The Labute approximate surface area is 100.0 Å². The van der Waals surface area contributed by atoms with Gasteiger partial charge in [-0.25, -0.2) is 0 Å². The minimum Gasteiger partial charge on any atom is -0.503 e. The Morgan fingerprint density at radius 2 is 1.65 bits per heavy atom. The van der Waals surface area contributed by atoms with E-state index < -0.39 is 0 Å². The molecule has 1 aromatic heterocycles. The van der Waals surface area contributed by atoms with Gasteiger partial charge in [0.05, 0.1) is 11.4 Å². The Bertz CT molecular complexity index is 606. The summed E-state index contributed by atoms with van der Waals surface area (Å²) in [5.41, 5.74) is 3.45. The molecule has 0 aliphatic carbocycles. The minimum atomic E-state index is -0.343. The van der Waals surface area contributed by atoms with Crippen molar-refractivity contribution in [2.45, 2.75) is 20.8 Å². The van der Waals surface area contributed by atoms with E-state index in [2.05, 4.69) is 0 Å². The van der Waals surface area contributed by atoms with Crippen LogP contribution in [0.25, 0.3) is 5.69 Å². The van der Waals surface area contributed by atoms with E-state index in [1.807, 2.05) is 36.6 Å². The molecule has 0 aliphatic heterocycles. The summed E-state index contributed by atoms with van der Waals surface area (Å²) >= 11 is 0. The smallest absolute Gasteiger partial charge is 0.223 e. The highest BCUT2D eigenvalue weighted by molar-refractivity contribution is 5.49. The molecule has 0 radical (unpaired) electrons. The topological polar surface area (TPSA) is 42.2 Å². The van der Waals surface area contributed by atoms with Crippen LogP contribution in [0.3, 0.4) is 0 Å². The fourth-order valence-corrected chi connectivity index (χ4v) is 2.05. The molecule has 3 heteroatoms. The highest BCUT2D eigenvalue weighted by Gasteiger charge is 2.10. The van der Waals surface area contributed by atoms with Crippen molar-refractivity contribution in [2.24, 2.45) is 0 Å². The second-order valence-corrected chi connectivity index (χ2v) is 4.22. The van der Waals surface area contributed by atoms with Crippen LogP contribution in [0.5, 0.6) is 5.75 Å². The maximum absolute atomic E-state index is 11.3. The van der Waals surface area contributed by atoms with Gasteiger partial charge in [-0.15, -0.1) is 0 Å². The van der Waals surface area contributed by atoms with Crippen LogP contribution in [0.2, 0.25) is 0 Å². The van der Waals surface area contributed by atoms with Gasteiger partial charge in [0.25, 0.3) is 0 Å². The van der Waals surface area contributed by atoms with Crippen LogP contribution >= 0.6 is 0 Å². The Morgan fingerprint density at radius 3 is 2.24 bits per heavy atom. The summed E-state index contributed by atoms with van der Waals surface area (Å²) in [5, 5.41) is 9.70. The molecule has 0 saturated heterocycles. The number of hydrogen-bond acceptors (Lipinski definition) is 2. The molecule has 2 aromatic rings. The van der Waals surface area contributed by atoms with E-state index in [-0.39, 0.29) is 11.2 Å². The summed E-state index contributed by atoms with van der Waals surface area (Å²) < 4.78 is 1.85. The second-order valence-electron chi connectivity index (χ2n) is 4.22. The van der Waals surface area contributed by atoms with Gasteiger partial charge in [-0.3, -0.25) is 4.79 Å². The first-order chi connectivity index (χ1) is 8.02. The molecule has 0 atom stereocenters. The number of rotatable bonds is 1. The lowest BCUT2D eigenvalue weighted by Crippen LogP contribution is -2.10. The van der Waals surface area contributed by atoms with Crippen molar-refractivity contribution in [1.82, 2.24) is 4.57 Å². The summed E-state index contributed by atoms with van der Waals surface area (Å²) in [6.07, 6.45) is 1.70. The van der Waals surface area contributed by atoms with Gasteiger partial charge in [0.1, 0.15) is 0 Å². The quantitative estimate of drug-likeness (QED) is 0.816. The van der Waals surface area contributed by atoms with E-state index in [0.717, 1.165) is 16.8 Å². The maximum Gasteiger partial charge on any atom is 0.223 e. The molecule has 1 aromatic carbocycles. The number of aryl methyl sites for hydroxylation is 2. The Hall–Kier alpha value is -2.03. The first-order valence-corrected chi connectivity index (χ1v) is 5.50. The van der Waals surface area contributed by atoms with Crippen LogP contribution in [0, 0.1) is 20.8 Å². The van der Waals surface area contributed by atoms with Gasteiger partial charge in [-0.05, 0) is 31.9 Å². The Balaban J connectivity index is 2.78. The fourth-order valence-electron chi connectivity index (χ4n) is 2.05. The average molecular weight is 229 g/mol. The van der Waals surface area contributed by atoms with Crippen molar-refractivity contribution >= 4 is 0 Å². The third-order valence-electron chi connectivity index (χ3n) is 2.99. The molecule has 88 valence electrons. The molecule has 0 unspecified atom stereocenters. The summed E-state index contributed by atoms with van der Waals surface area (Å²) in [4.78, 5) is 11.3. The van der Waals surface area contributed by atoms with Crippen LogP contribution in [-0.2, 0) is 0 Å². The zero-order valence-electron chi connectivity index (χ0n) is 10.2. The second kappa shape index (κ2) is 4.09. The highest BCUT2D eigenvalue weighted by atomic mass is 16.3. The molecule has 0 fully saturated rings. The molecular formula is C14H15NO2. The molecule has 1 heterocycles. The number of aromatic hydroxyl groups is 1. The van der Waals surface area contributed by atoms with Gasteiger partial charge in [0.15, 0.2) is 5.75 Å². The first-order valence-electron chi connectivity index (χ1n) is 5.50. The molecule has 1 N–H and O–H groups in total. The molecule has 0 amide bonds. The van der Waals surface area contributed by atoms with Crippen molar-refractivity contribution < 1.29 is 5.11 Å². The van der Waals surface area contributed by atoms with Crippen LogP contribution in [-0.4, -0.2) is 9.67 Å². The molecule has 2 rings (SSSR count). The molecule has 17 heavy (non-hydrogen) atoms. The Morgan fingerprint density at radius 1 is 1.06 bits per heavy atom. The van der Waals surface area contributed by atoms with E-state index >= 15 is 0 Å². The number of pyridine rings is 1. The third kappa shape index (κ3) is 1.84. The molecule has 3 nitrogen and oxygen atoms in total. The zero-order chi connectivity index (χ0) is 12.6. The van der Waals surface area contributed by atoms with Crippen molar-refractivity contribution in [3.05, 3.63) is 57.5 Å². The number of benzene rings is 1. The molecule has 0 bridgehead atoms. The number of aromatic nitrogens is 1. The van der Waals surface area contributed by atoms with Gasteiger partial charge in [0, 0.05) is 12.3 Å². The van der Waals surface area contributed by atoms with E-state index in [0.29, 0.717) is 5.69 Å². The van der Waals surface area contributed by atoms with Crippen molar-refractivity contribution in [1.29, 1.82) is 0 Å².